The van der Waals surface area contributed by atoms with Crippen molar-refractivity contribution < 1.29 is 13.5 Å². The lowest BCUT2D eigenvalue weighted by Crippen LogP contribution is -2.20. The van der Waals surface area contributed by atoms with Crippen LogP contribution in [0, 0.1) is 18.6 Å². The molecule has 2 aliphatic rings. The summed E-state index contributed by atoms with van der Waals surface area (Å²) in [6.45, 7) is 2.41. The van der Waals surface area contributed by atoms with Crippen LogP contribution in [0.5, 0.6) is 0 Å². The van der Waals surface area contributed by atoms with Gasteiger partial charge in [-0.25, -0.2) is 23.7 Å². The fourth-order valence-electron chi connectivity index (χ4n) is 4.54. The maximum atomic E-state index is 14.9. The molecule has 0 radical (unpaired) electrons. The van der Waals surface area contributed by atoms with E-state index in [9.17, 15) is 8.78 Å². The monoisotopic (exact) mass is 481 g/mol. The van der Waals surface area contributed by atoms with E-state index in [0.717, 1.165) is 30.5 Å². The first-order chi connectivity index (χ1) is 16.5. The summed E-state index contributed by atoms with van der Waals surface area (Å²) in [7, 11) is 0. The van der Waals surface area contributed by atoms with Crippen LogP contribution >= 0.6 is 11.6 Å². The molecule has 4 aromatic rings. The van der Waals surface area contributed by atoms with E-state index in [-0.39, 0.29) is 22.6 Å². The van der Waals surface area contributed by atoms with Crippen LogP contribution in [0.2, 0.25) is 5.02 Å². The minimum absolute atomic E-state index is 0.0197. The molecule has 1 saturated carbocycles. The van der Waals surface area contributed by atoms with Crippen LogP contribution in [0.3, 0.4) is 0 Å². The highest BCUT2D eigenvalue weighted by Crippen LogP contribution is 2.40. The maximum absolute atomic E-state index is 14.9. The van der Waals surface area contributed by atoms with Crippen LogP contribution in [-0.2, 0) is 4.74 Å². The largest absolute Gasteiger partial charge is 0.373 e. The number of aryl methyl sites for hydroxylation is 1. The van der Waals surface area contributed by atoms with Gasteiger partial charge in [0, 0.05) is 40.9 Å². The smallest absolute Gasteiger partial charge is 0.178 e. The number of ether oxygens (including phenoxy) is 1. The zero-order valence-corrected chi connectivity index (χ0v) is 19.3. The molecule has 2 fully saturated rings. The summed E-state index contributed by atoms with van der Waals surface area (Å²) >= 11 is 5.78. The van der Waals surface area contributed by atoms with E-state index in [1.54, 1.807) is 12.1 Å². The van der Waals surface area contributed by atoms with E-state index in [2.05, 4.69) is 16.3 Å². The number of pyridine rings is 1. The van der Waals surface area contributed by atoms with Gasteiger partial charge in [0.25, 0.3) is 0 Å². The van der Waals surface area contributed by atoms with Gasteiger partial charge in [0.05, 0.1) is 29.1 Å². The fourth-order valence-corrected chi connectivity index (χ4v) is 4.69. The normalized spacial score (nSPS) is 20.7. The molecule has 174 valence electrons. The summed E-state index contributed by atoms with van der Waals surface area (Å²) in [5, 5.41) is 4.78. The molecule has 6 rings (SSSR count). The number of benzene rings is 1. The first-order valence-electron chi connectivity index (χ1n) is 11.4. The van der Waals surface area contributed by atoms with E-state index in [4.69, 9.17) is 26.3 Å². The molecule has 1 aliphatic heterocycles. The Morgan fingerprint density at radius 1 is 1.03 bits per heavy atom. The second-order valence-corrected chi connectivity index (χ2v) is 9.45. The Morgan fingerprint density at radius 2 is 1.88 bits per heavy atom. The number of nitrogens with zero attached hydrogens (tertiary/aromatic N) is 5. The second-order valence-electron chi connectivity index (χ2n) is 9.04. The fraction of sp³-hybridized carbons (Fsp3) is 0.360. The van der Waals surface area contributed by atoms with Crippen molar-refractivity contribution in [1.29, 1.82) is 0 Å². The predicted molar refractivity (Wildman–Crippen MR) is 124 cm³/mol. The summed E-state index contributed by atoms with van der Waals surface area (Å²) in [4.78, 5) is 14.1. The van der Waals surface area contributed by atoms with Gasteiger partial charge in [0.2, 0.25) is 0 Å². The number of rotatable bonds is 4. The van der Waals surface area contributed by atoms with Gasteiger partial charge in [-0.1, -0.05) is 11.6 Å². The number of hydrogen-bond donors (Lipinski definition) is 0. The van der Waals surface area contributed by atoms with Gasteiger partial charge in [-0.15, -0.1) is 0 Å². The number of fused-ring (bicyclic) bond motifs is 1. The molecule has 4 heterocycles. The van der Waals surface area contributed by atoms with Gasteiger partial charge in [0.1, 0.15) is 5.82 Å². The molecule has 0 bridgehead atoms. The molecule has 34 heavy (non-hydrogen) atoms. The van der Waals surface area contributed by atoms with Gasteiger partial charge in [-0.3, -0.25) is 4.68 Å². The molecular weight excluding hydrogens is 460 g/mol. The topological polar surface area (TPSA) is 65.7 Å². The molecule has 0 spiro atoms. The maximum Gasteiger partial charge on any atom is 0.178 e. The second kappa shape index (κ2) is 8.36. The Hall–Kier alpha value is -2.97. The van der Waals surface area contributed by atoms with E-state index >= 15 is 0 Å². The van der Waals surface area contributed by atoms with Crippen LogP contribution in [0.25, 0.3) is 22.3 Å². The first kappa shape index (κ1) is 21.6. The minimum Gasteiger partial charge on any atom is -0.373 e. The van der Waals surface area contributed by atoms with Gasteiger partial charge >= 0.3 is 0 Å². The van der Waals surface area contributed by atoms with Gasteiger partial charge in [-0.2, -0.15) is 5.10 Å². The lowest BCUT2D eigenvalue weighted by atomic mass is 9.92. The van der Waals surface area contributed by atoms with E-state index < -0.39 is 11.6 Å². The summed E-state index contributed by atoms with van der Waals surface area (Å²) in [6, 6.07) is 6.89. The van der Waals surface area contributed by atoms with Crippen LogP contribution in [-0.4, -0.2) is 31.3 Å². The summed E-state index contributed by atoms with van der Waals surface area (Å²) in [6.07, 6.45) is 7.54. The van der Waals surface area contributed by atoms with E-state index in [1.807, 2.05) is 17.8 Å². The van der Waals surface area contributed by atoms with Crippen molar-refractivity contribution in [2.45, 2.75) is 50.7 Å². The lowest BCUT2D eigenvalue weighted by molar-refractivity contribution is 0.00396. The molecule has 1 aromatic carbocycles. The van der Waals surface area contributed by atoms with Crippen molar-refractivity contribution in [2.75, 3.05) is 6.61 Å². The quantitative estimate of drug-likeness (QED) is 0.329. The molecule has 1 aliphatic carbocycles. The summed E-state index contributed by atoms with van der Waals surface area (Å²) in [5.74, 6) is -1.59. The molecule has 3 aromatic heterocycles. The molecule has 0 unspecified atom stereocenters. The van der Waals surface area contributed by atoms with Gasteiger partial charge in [0.15, 0.2) is 17.3 Å². The van der Waals surface area contributed by atoms with Crippen LogP contribution < -0.4 is 0 Å². The number of hydrogen-bond acceptors (Lipinski definition) is 5. The Morgan fingerprint density at radius 3 is 2.71 bits per heavy atom. The molecule has 0 N–H and O–H groups in total. The molecular formula is C25H22ClF2N5O. The van der Waals surface area contributed by atoms with Crippen LogP contribution in [0.1, 0.15) is 60.8 Å². The third-order valence-electron chi connectivity index (χ3n) is 6.57. The highest BCUT2D eigenvalue weighted by Gasteiger charge is 2.31. The average molecular weight is 482 g/mol. The van der Waals surface area contributed by atoms with Crippen molar-refractivity contribution in [1.82, 2.24) is 24.7 Å². The number of aromatic nitrogens is 5. The first-order valence-corrected chi connectivity index (χ1v) is 11.8. The van der Waals surface area contributed by atoms with Crippen molar-refractivity contribution >= 4 is 22.6 Å². The van der Waals surface area contributed by atoms with Crippen molar-refractivity contribution in [3.63, 3.8) is 0 Å². The van der Waals surface area contributed by atoms with Crippen molar-refractivity contribution in [2.24, 2.45) is 0 Å². The van der Waals surface area contributed by atoms with Crippen LogP contribution in [0.4, 0.5) is 8.78 Å². The summed E-state index contributed by atoms with van der Waals surface area (Å²) < 4.78 is 37.3. The zero-order chi connectivity index (χ0) is 23.4. The molecule has 9 heteroatoms. The molecule has 1 saturated heterocycles. The Kier molecular flexibility index (Phi) is 5.30. The average Bonchev–Trinajstić information content (AvgIpc) is 3.58. The standard InChI is InChI=1S/C25H22ClF2N5O/c1-13-2-5-18-23(17-6-7-19(26)22(28)21(17)27)31-24(32-25(18)30-13)14-8-9-34-20(10-14)15-11-29-33(12-15)16-3-4-16/h2,5-7,11-12,14,16,20H,3-4,8-10H2,1H3/t14-,20+/m0/s1. The van der Waals surface area contributed by atoms with Gasteiger partial charge < -0.3 is 4.74 Å². The molecule has 2 atom stereocenters. The minimum atomic E-state index is -1.09. The Bertz CT molecular complexity index is 1400. The zero-order valence-electron chi connectivity index (χ0n) is 18.5. The highest BCUT2D eigenvalue weighted by atomic mass is 35.5. The highest BCUT2D eigenvalue weighted by molar-refractivity contribution is 6.30. The van der Waals surface area contributed by atoms with E-state index in [0.29, 0.717) is 41.6 Å². The molecule has 0 amide bonds. The predicted octanol–water partition coefficient (Wildman–Crippen LogP) is 6.10. The Labute approximate surface area is 200 Å². The third kappa shape index (κ3) is 3.84. The SMILES string of the molecule is Cc1ccc2c(-c3ccc(Cl)c(F)c3F)nc([C@H]3CCO[C@@H](c4cnn(C5CC5)c4)C3)nc2n1. The van der Waals surface area contributed by atoms with Crippen LogP contribution in [0.15, 0.2) is 36.7 Å². The van der Waals surface area contributed by atoms with Gasteiger partial charge in [-0.05, 0) is 56.9 Å². The van der Waals surface area contributed by atoms with Crippen molar-refractivity contribution in [3.05, 3.63) is 70.4 Å². The molecule has 6 nitrogen and oxygen atoms in total. The lowest BCUT2D eigenvalue weighted by Gasteiger charge is -2.28. The van der Waals surface area contributed by atoms with Crippen molar-refractivity contribution in [3.8, 4) is 11.3 Å². The summed E-state index contributed by atoms with van der Waals surface area (Å²) in [5.41, 5.74) is 2.63. The number of halogens is 3. The third-order valence-corrected chi connectivity index (χ3v) is 6.86. The van der Waals surface area contributed by atoms with E-state index in [1.165, 1.54) is 12.1 Å². The Balaban J connectivity index is 1.41.